The van der Waals surface area contributed by atoms with E-state index >= 15 is 0 Å². The molecule has 0 aliphatic heterocycles. The standard InChI is InChI=1S/C18H17NO2/c1-13-16(11-14-7-3-2-4-8-14)15-9-5-6-10-17(15)19(13)12-18(20)21/h2-10H,11-12H2,1H3,(H,20,21). The first-order valence-electron chi connectivity index (χ1n) is 6.99. The zero-order valence-electron chi connectivity index (χ0n) is 11.9. The van der Waals surface area contributed by atoms with E-state index in [0.717, 1.165) is 23.0 Å². The lowest BCUT2D eigenvalue weighted by Crippen LogP contribution is -2.10. The quantitative estimate of drug-likeness (QED) is 0.792. The molecular weight excluding hydrogens is 262 g/mol. The molecule has 0 aliphatic rings. The highest BCUT2D eigenvalue weighted by Crippen LogP contribution is 2.27. The highest BCUT2D eigenvalue weighted by molar-refractivity contribution is 5.87. The van der Waals surface area contributed by atoms with Crippen LogP contribution in [0.15, 0.2) is 54.6 Å². The lowest BCUT2D eigenvalue weighted by molar-refractivity contribution is -0.137. The van der Waals surface area contributed by atoms with Crippen molar-refractivity contribution >= 4 is 16.9 Å². The Kier molecular flexibility index (Phi) is 3.48. The Morgan fingerprint density at radius 2 is 1.71 bits per heavy atom. The summed E-state index contributed by atoms with van der Waals surface area (Å²) in [4.78, 5) is 11.1. The predicted octanol–water partition coefficient (Wildman–Crippen LogP) is 3.63. The molecule has 0 amide bonds. The summed E-state index contributed by atoms with van der Waals surface area (Å²) in [7, 11) is 0. The Bertz CT molecular complexity index is 788. The molecule has 0 bridgehead atoms. The molecular formula is C18H17NO2. The predicted molar refractivity (Wildman–Crippen MR) is 83.6 cm³/mol. The van der Waals surface area contributed by atoms with E-state index in [1.807, 2.05) is 47.9 Å². The number of nitrogens with zero attached hydrogens (tertiary/aromatic N) is 1. The van der Waals surface area contributed by atoms with Gasteiger partial charge in [0.15, 0.2) is 0 Å². The number of fused-ring (bicyclic) bond motifs is 1. The maximum atomic E-state index is 11.1. The molecule has 3 nitrogen and oxygen atoms in total. The van der Waals surface area contributed by atoms with Crippen molar-refractivity contribution in [3.05, 3.63) is 71.4 Å². The van der Waals surface area contributed by atoms with Crippen LogP contribution in [0.5, 0.6) is 0 Å². The maximum absolute atomic E-state index is 11.1. The molecule has 3 aromatic rings. The number of aromatic nitrogens is 1. The topological polar surface area (TPSA) is 42.2 Å². The van der Waals surface area contributed by atoms with Crippen molar-refractivity contribution in [3.63, 3.8) is 0 Å². The Hall–Kier alpha value is -2.55. The molecule has 2 aromatic carbocycles. The molecule has 0 unspecified atom stereocenters. The monoisotopic (exact) mass is 279 g/mol. The van der Waals surface area contributed by atoms with E-state index < -0.39 is 5.97 Å². The number of carboxylic acids is 1. The van der Waals surface area contributed by atoms with Gasteiger partial charge >= 0.3 is 5.97 Å². The van der Waals surface area contributed by atoms with Gasteiger partial charge in [0.05, 0.1) is 0 Å². The van der Waals surface area contributed by atoms with Gasteiger partial charge in [0.1, 0.15) is 6.54 Å². The van der Waals surface area contributed by atoms with Crippen LogP contribution in [0.4, 0.5) is 0 Å². The number of rotatable bonds is 4. The van der Waals surface area contributed by atoms with Gasteiger partial charge in [-0.2, -0.15) is 0 Å². The zero-order chi connectivity index (χ0) is 14.8. The van der Waals surface area contributed by atoms with Gasteiger partial charge in [0.2, 0.25) is 0 Å². The number of para-hydroxylation sites is 1. The highest BCUT2D eigenvalue weighted by Gasteiger charge is 2.15. The SMILES string of the molecule is Cc1c(Cc2ccccc2)c2ccccc2n1CC(=O)O. The molecule has 0 atom stereocenters. The minimum atomic E-state index is -0.815. The van der Waals surface area contributed by atoms with E-state index in [2.05, 4.69) is 18.2 Å². The van der Waals surface area contributed by atoms with E-state index in [9.17, 15) is 4.79 Å². The fourth-order valence-corrected chi connectivity index (χ4v) is 2.86. The van der Waals surface area contributed by atoms with Gasteiger partial charge in [-0.1, -0.05) is 48.5 Å². The van der Waals surface area contributed by atoms with Crippen molar-refractivity contribution in [3.8, 4) is 0 Å². The molecule has 21 heavy (non-hydrogen) atoms. The van der Waals surface area contributed by atoms with Gasteiger partial charge in [-0.3, -0.25) is 4.79 Å². The lowest BCUT2D eigenvalue weighted by Gasteiger charge is -2.05. The van der Waals surface area contributed by atoms with Gasteiger partial charge in [-0.05, 0) is 30.5 Å². The van der Waals surface area contributed by atoms with Crippen LogP contribution < -0.4 is 0 Å². The molecule has 1 N–H and O–H groups in total. The molecule has 3 heteroatoms. The van der Waals surface area contributed by atoms with Crippen LogP contribution in [-0.2, 0) is 17.8 Å². The minimum absolute atomic E-state index is 0.00113. The average Bonchev–Trinajstić information content (AvgIpc) is 2.74. The molecule has 0 radical (unpaired) electrons. The van der Waals surface area contributed by atoms with Gasteiger partial charge in [-0.25, -0.2) is 0 Å². The molecule has 0 aliphatic carbocycles. The summed E-state index contributed by atoms with van der Waals surface area (Å²) in [6.45, 7) is 2.00. The molecule has 0 spiro atoms. The molecule has 1 heterocycles. The summed E-state index contributed by atoms with van der Waals surface area (Å²) in [6, 6.07) is 18.3. The first kappa shape index (κ1) is 13.4. The van der Waals surface area contributed by atoms with Gasteiger partial charge < -0.3 is 9.67 Å². The average molecular weight is 279 g/mol. The van der Waals surface area contributed by atoms with E-state index in [1.54, 1.807) is 0 Å². The first-order valence-corrected chi connectivity index (χ1v) is 6.99. The second-order valence-electron chi connectivity index (χ2n) is 5.22. The molecule has 0 fully saturated rings. The Labute approximate surface area is 123 Å². The number of hydrogen-bond donors (Lipinski definition) is 1. The molecule has 1 aromatic heterocycles. The van der Waals surface area contributed by atoms with E-state index in [0.29, 0.717) is 0 Å². The summed E-state index contributed by atoms with van der Waals surface area (Å²) in [5.41, 5.74) is 4.46. The largest absolute Gasteiger partial charge is 0.480 e. The van der Waals surface area contributed by atoms with E-state index in [4.69, 9.17) is 5.11 Å². The van der Waals surface area contributed by atoms with Crippen LogP contribution >= 0.6 is 0 Å². The summed E-state index contributed by atoms with van der Waals surface area (Å²) in [6.07, 6.45) is 0.819. The molecule has 3 rings (SSSR count). The van der Waals surface area contributed by atoms with Crippen molar-refractivity contribution in [2.45, 2.75) is 19.9 Å². The van der Waals surface area contributed by atoms with Crippen molar-refractivity contribution < 1.29 is 9.90 Å². The van der Waals surface area contributed by atoms with Crippen molar-refractivity contribution in [1.29, 1.82) is 0 Å². The third-order valence-electron chi connectivity index (χ3n) is 3.88. The van der Waals surface area contributed by atoms with Gasteiger partial charge in [0, 0.05) is 16.6 Å². The second kappa shape index (κ2) is 5.44. The third kappa shape index (κ3) is 2.55. The third-order valence-corrected chi connectivity index (χ3v) is 3.88. The molecule has 0 saturated heterocycles. The van der Waals surface area contributed by atoms with Crippen LogP contribution in [0, 0.1) is 6.92 Å². The number of carboxylic acid groups (broad SMARTS) is 1. The molecule has 0 saturated carbocycles. The number of hydrogen-bond acceptors (Lipinski definition) is 1. The van der Waals surface area contributed by atoms with Crippen molar-refractivity contribution in [1.82, 2.24) is 4.57 Å². The minimum Gasteiger partial charge on any atom is -0.480 e. The Morgan fingerprint density at radius 1 is 1.05 bits per heavy atom. The number of carbonyl (C=O) groups is 1. The normalized spacial score (nSPS) is 10.9. The van der Waals surface area contributed by atoms with E-state index in [-0.39, 0.29) is 6.54 Å². The van der Waals surface area contributed by atoms with E-state index in [1.165, 1.54) is 11.1 Å². The summed E-state index contributed by atoms with van der Waals surface area (Å²) in [5, 5.41) is 10.3. The van der Waals surface area contributed by atoms with Gasteiger partial charge in [0.25, 0.3) is 0 Å². The zero-order valence-corrected chi connectivity index (χ0v) is 11.9. The van der Waals surface area contributed by atoms with Crippen LogP contribution in [0.1, 0.15) is 16.8 Å². The first-order chi connectivity index (χ1) is 10.2. The highest BCUT2D eigenvalue weighted by atomic mass is 16.4. The number of aliphatic carboxylic acids is 1. The lowest BCUT2D eigenvalue weighted by atomic mass is 10.0. The van der Waals surface area contributed by atoms with Crippen LogP contribution in [0.25, 0.3) is 10.9 Å². The van der Waals surface area contributed by atoms with Gasteiger partial charge in [-0.15, -0.1) is 0 Å². The summed E-state index contributed by atoms with van der Waals surface area (Å²) >= 11 is 0. The Balaban J connectivity index is 2.14. The van der Waals surface area contributed by atoms with Crippen LogP contribution in [0.3, 0.4) is 0 Å². The second-order valence-corrected chi connectivity index (χ2v) is 5.22. The van der Waals surface area contributed by atoms with Crippen molar-refractivity contribution in [2.75, 3.05) is 0 Å². The van der Waals surface area contributed by atoms with Crippen molar-refractivity contribution in [2.24, 2.45) is 0 Å². The fourth-order valence-electron chi connectivity index (χ4n) is 2.86. The maximum Gasteiger partial charge on any atom is 0.323 e. The summed E-state index contributed by atoms with van der Waals surface area (Å²) < 4.78 is 1.88. The smallest absolute Gasteiger partial charge is 0.323 e. The fraction of sp³-hybridized carbons (Fsp3) is 0.167. The molecule has 106 valence electrons. The van der Waals surface area contributed by atoms with Crippen LogP contribution in [-0.4, -0.2) is 15.6 Å². The summed E-state index contributed by atoms with van der Waals surface area (Å²) in [5.74, 6) is -0.815. The van der Waals surface area contributed by atoms with Crippen LogP contribution in [0.2, 0.25) is 0 Å². The number of benzene rings is 2. The Morgan fingerprint density at radius 3 is 2.43 bits per heavy atom.